The Morgan fingerprint density at radius 3 is 2.64 bits per heavy atom. The van der Waals surface area contributed by atoms with Crippen LogP contribution < -0.4 is 11.1 Å². The number of primary amides is 1. The molecule has 0 saturated carbocycles. The van der Waals surface area contributed by atoms with Crippen LogP contribution in [0.4, 0.5) is 5.82 Å². The lowest BCUT2D eigenvalue weighted by atomic mass is 10.3. The van der Waals surface area contributed by atoms with Crippen molar-refractivity contribution in [2.24, 2.45) is 5.73 Å². The van der Waals surface area contributed by atoms with Crippen LogP contribution in [0.25, 0.3) is 0 Å². The van der Waals surface area contributed by atoms with E-state index in [0.717, 1.165) is 0 Å². The van der Waals surface area contributed by atoms with Gasteiger partial charge < -0.3 is 16.2 Å². The molecule has 1 amide bonds. The van der Waals surface area contributed by atoms with Crippen molar-refractivity contribution in [2.75, 3.05) is 11.9 Å². The van der Waals surface area contributed by atoms with Crippen LogP contribution in [0.2, 0.25) is 0 Å². The monoisotopic (exact) mass is 195 g/mol. The Balaban J connectivity index is 2.64. The van der Waals surface area contributed by atoms with E-state index in [9.17, 15) is 9.59 Å². The highest BCUT2D eigenvalue weighted by molar-refractivity contribution is 5.87. The second-order valence-electron chi connectivity index (χ2n) is 2.56. The molecule has 0 aliphatic carbocycles. The molecule has 14 heavy (non-hydrogen) atoms. The number of nitrogens with zero attached hydrogens (tertiary/aromatic N) is 1. The first kappa shape index (κ1) is 9.97. The molecule has 0 bridgehead atoms. The van der Waals surface area contributed by atoms with Crippen molar-refractivity contribution >= 4 is 17.7 Å². The Kier molecular flexibility index (Phi) is 3.01. The summed E-state index contributed by atoms with van der Waals surface area (Å²) in [4.78, 5) is 24.6. The smallest absolute Gasteiger partial charge is 0.337 e. The average molecular weight is 195 g/mol. The van der Waals surface area contributed by atoms with E-state index in [-0.39, 0.29) is 12.1 Å². The molecule has 6 nitrogen and oxygen atoms in total. The van der Waals surface area contributed by atoms with Crippen LogP contribution >= 0.6 is 0 Å². The van der Waals surface area contributed by atoms with Crippen LogP contribution in [-0.2, 0) is 4.79 Å². The molecule has 0 aromatic carbocycles. The molecular formula is C8H9N3O3. The second-order valence-corrected chi connectivity index (χ2v) is 2.56. The fourth-order valence-corrected chi connectivity index (χ4v) is 0.803. The van der Waals surface area contributed by atoms with Crippen LogP contribution in [0.5, 0.6) is 0 Å². The minimum Gasteiger partial charge on any atom is -0.478 e. The summed E-state index contributed by atoms with van der Waals surface area (Å²) in [6.45, 7) is -0.0284. The fraction of sp³-hybridized carbons (Fsp3) is 0.125. The number of nitrogens with two attached hydrogens (primary N) is 1. The van der Waals surface area contributed by atoms with Gasteiger partial charge in [0.25, 0.3) is 0 Å². The van der Waals surface area contributed by atoms with Crippen molar-refractivity contribution in [1.29, 1.82) is 0 Å². The highest BCUT2D eigenvalue weighted by Crippen LogP contribution is 2.04. The van der Waals surface area contributed by atoms with Crippen LogP contribution in [0.3, 0.4) is 0 Å². The summed E-state index contributed by atoms with van der Waals surface area (Å²) >= 11 is 0. The highest BCUT2D eigenvalue weighted by atomic mass is 16.4. The maximum Gasteiger partial charge on any atom is 0.337 e. The molecule has 0 saturated heterocycles. The summed E-state index contributed by atoms with van der Waals surface area (Å²) in [5.74, 6) is -1.14. The summed E-state index contributed by atoms with van der Waals surface area (Å²) in [7, 11) is 0. The predicted molar refractivity (Wildman–Crippen MR) is 48.9 cm³/mol. The first-order valence-electron chi connectivity index (χ1n) is 3.81. The van der Waals surface area contributed by atoms with Crippen molar-refractivity contribution in [3.8, 4) is 0 Å². The lowest BCUT2D eigenvalue weighted by Crippen LogP contribution is -2.22. The van der Waals surface area contributed by atoms with Gasteiger partial charge in [-0.25, -0.2) is 9.78 Å². The zero-order chi connectivity index (χ0) is 10.6. The fourth-order valence-electron chi connectivity index (χ4n) is 0.803. The quantitative estimate of drug-likeness (QED) is 0.610. The van der Waals surface area contributed by atoms with E-state index in [1.165, 1.54) is 18.3 Å². The number of aromatic nitrogens is 1. The summed E-state index contributed by atoms with van der Waals surface area (Å²) < 4.78 is 0. The molecule has 1 heterocycles. The number of hydrogen-bond donors (Lipinski definition) is 3. The van der Waals surface area contributed by atoms with E-state index in [1.807, 2.05) is 0 Å². The van der Waals surface area contributed by atoms with Gasteiger partial charge in [0.05, 0.1) is 12.1 Å². The average Bonchev–Trinajstić information content (AvgIpc) is 2.15. The Morgan fingerprint density at radius 2 is 2.21 bits per heavy atom. The van der Waals surface area contributed by atoms with E-state index in [4.69, 9.17) is 10.8 Å². The van der Waals surface area contributed by atoms with Gasteiger partial charge in [0.2, 0.25) is 5.91 Å². The summed E-state index contributed by atoms with van der Waals surface area (Å²) in [5, 5.41) is 11.2. The number of carbonyl (C=O) groups excluding carboxylic acids is 1. The molecule has 74 valence electrons. The predicted octanol–water partition coefficient (Wildman–Crippen LogP) is -0.323. The topological polar surface area (TPSA) is 105 Å². The standard InChI is InChI=1S/C8H9N3O3/c9-6(12)4-11-7-2-1-5(3-10-7)8(13)14/h1-3H,4H2,(H2,9,12)(H,10,11)(H,13,14). The number of rotatable bonds is 4. The summed E-state index contributed by atoms with van der Waals surface area (Å²) in [6, 6.07) is 2.85. The van der Waals surface area contributed by atoms with Gasteiger partial charge in [-0.3, -0.25) is 4.79 Å². The van der Waals surface area contributed by atoms with Crippen molar-refractivity contribution in [1.82, 2.24) is 4.98 Å². The van der Waals surface area contributed by atoms with Crippen LogP contribution in [0.1, 0.15) is 10.4 Å². The van der Waals surface area contributed by atoms with Gasteiger partial charge in [0.15, 0.2) is 0 Å². The molecule has 0 radical (unpaired) electrons. The van der Waals surface area contributed by atoms with E-state index in [2.05, 4.69) is 10.3 Å². The van der Waals surface area contributed by atoms with E-state index < -0.39 is 11.9 Å². The number of anilines is 1. The van der Waals surface area contributed by atoms with Gasteiger partial charge in [0.1, 0.15) is 5.82 Å². The maximum absolute atomic E-state index is 10.4. The second kappa shape index (κ2) is 4.22. The van der Waals surface area contributed by atoms with Crippen molar-refractivity contribution < 1.29 is 14.7 Å². The largest absolute Gasteiger partial charge is 0.478 e. The lowest BCUT2D eigenvalue weighted by Gasteiger charge is -2.02. The zero-order valence-corrected chi connectivity index (χ0v) is 7.23. The minimum absolute atomic E-state index is 0.0284. The van der Waals surface area contributed by atoms with Crippen molar-refractivity contribution in [3.05, 3.63) is 23.9 Å². The number of carbonyl (C=O) groups is 2. The molecule has 1 aromatic rings. The molecule has 0 aliphatic rings. The van der Waals surface area contributed by atoms with Gasteiger partial charge >= 0.3 is 5.97 Å². The zero-order valence-electron chi connectivity index (χ0n) is 7.23. The Hall–Kier alpha value is -2.11. The number of aromatic carboxylic acids is 1. The lowest BCUT2D eigenvalue weighted by molar-refractivity contribution is -0.116. The third-order valence-electron chi connectivity index (χ3n) is 1.45. The number of hydrogen-bond acceptors (Lipinski definition) is 4. The molecule has 0 aliphatic heterocycles. The first-order chi connectivity index (χ1) is 6.59. The Bertz CT molecular complexity index is 347. The molecule has 0 spiro atoms. The van der Waals surface area contributed by atoms with Crippen LogP contribution in [0, 0.1) is 0 Å². The number of pyridine rings is 1. The number of amides is 1. The molecular weight excluding hydrogens is 186 g/mol. The van der Waals surface area contributed by atoms with Crippen LogP contribution in [-0.4, -0.2) is 28.5 Å². The van der Waals surface area contributed by atoms with Gasteiger partial charge in [0, 0.05) is 6.20 Å². The Morgan fingerprint density at radius 1 is 1.50 bits per heavy atom. The van der Waals surface area contributed by atoms with Crippen LogP contribution in [0.15, 0.2) is 18.3 Å². The SMILES string of the molecule is NC(=O)CNc1ccc(C(=O)O)cn1. The first-order valence-corrected chi connectivity index (χ1v) is 3.81. The van der Waals surface area contributed by atoms with E-state index in [0.29, 0.717) is 5.82 Å². The third-order valence-corrected chi connectivity index (χ3v) is 1.45. The molecule has 1 aromatic heterocycles. The van der Waals surface area contributed by atoms with Gasteiger partial charge in [-0.1, -0.05) is 0 Å². The summed E-state index contributed by atoms with van der Waals surface area (Å²) in [6.07, 6.45) is 1.20. The molecule has 0 unspecified atom stereocenters. The molecule has 0 fully saturated rings. The van der Waals surface area contributed by atoms with Gasteiger partial charge in [-0.15, -0.1) is 0 Å². The van der Waals surface area contributed by atoms with Gasteiger partial charge in [-0.2, -0.15) is 0 Å². The van der Waals surface area contributed by atoms with E-state index in [1.54, 1.807) is 0 Å². The highest BCUT2D eigenvalue weighted by Gasteiger charge is 2.02. The molecule has 1 rings (SSSR count). The Labute approximate surface area is 79.8 Å². The number of nitrogens with one attached hydrogen (secondary N) is 1. The summed E-state index contributed by atoms with van der Waals surface area (Å²) in [5.41, 5.74) is 4.99. The minimum atomic E-state index is -1.04. The number of carboxylic acid groups (broad SMARTS) is 1. The van der Waals surface area contributed by atoms with Crippen molar-refractivity contribution in [3.63, 3.8) is 0 Å². The maximum atomic E-state index is 10.4. The molecule has 6 heteroatoms. The third kappa shape index (κ3) is 2.74. The van der Waals surface area contributed by atoms with E-state index >= 15 is 0 Å². The van der Waals surface area contributed by atoms with Crippen molar-refractivity contribution in [2.45, 2.75) is 0 Å². The molecule has 0 atom stereocenters. The molecule has 4 N–H and O–H groups in total. The van der Waals surface area contributed by atoms with Gasteiger partial charge in [-0.05, 0) is 12.1 Å². The number of carboxylic acids is 1. The normalized spacial score (nSPS) is 9.43.